The molecule has 0 aromatic rings. The fourth-order valence-electron chi connectivity index (χ4n) is 5.12. The van der Waals surface area contributed by atoms with Crippen molar-refractivity contribution in [1.29, 1.82) is 0 Å². The summed E-state index contributed by atoms with van der Waals surface area (Å²) in [6.45, 7) is 9.29. The Labute approximate surface area is 124 Å². The van der Waals surface area contributed by atoms with E-state index in [0.29, 0.717) is 0 Å². The van der Waals surface area contributed by atoms with E-state index >= 15 is 0 Å². The Morgan fingerprint density at radius 3 is 2.35 bits per heavy atom. The first kappa shape index (κ1) is 13.5. The lowest BCUT2D eigenvalue weighted by atomic mass is 9.92. The van der Waals surface area contributed by atoms with E-state index in [1.807, 2.05) is 0 Å². The second-order valence-corrected chi connectivity index (χ2v) is 7.79. The summed E-state index contributed by atoms with van der Waals surface area (Å²) in [5.74, 6) is 1.03. The third kappa shape index (κ3) is 2.65. The molecular formula is C17H31N3. The van der Waals surface area contributed by atoms with Crippen LogP contribution in [0.1, 0.15) is 44.9 Å². The molecule has 0 bridgehead atoms. The number of piperazine rings is 1. The van der Waals surface area contributed by atoms with Crippen molar-refractivity contribution in [2.45, 2.75) is 51.0 Å². The zero-order valence-electron chi connectivity index (χ0n) is 12.9. The molecule has 4 aliphatic rings. The van der Waals surface area contributed by atoms with Crippen molar-refractivity contribution >= 4 is 0 Å². The average molecular weight is 277 g/mol. The van der Waals surface area contributed by atoms with Gasteiger partial charge in [0.15, 0.2) is 0 Å². The van der Waals surface area contributed by atoms with E-state index in [0.717, 1.165) is 17.4 Å². The number of hydrogen-bond donors (Lipinski definition) is 1. The lowest BCUT2D eigenvalue weighted by molar-refractivity contribution is 0.0909. The van der Waals surface area contributed by atoms with Gasteiger partial charge in [-0.15, -0.1) is 0 Å². The second kappa shape index (κ2) is 5.58. The molecule has 0 aromatic heterocycles. The molecule has 2 aliphatic heterocycles. The summed E-state index contributed by atoms with van der Waals surface area (Å²) < 4.78 is 0. The molecule has 20 heavy (non-hydrogen) atoms. The van der Waals surface area contributed by atoms with Crippen LogP contribution in [-0.4, -0.2) is 61.7 Å². The van der Waals surface area contributed by atoms with Crippen LogP contribution in [0.15, 0.2) is 0 Å². The molecule has 1 unspecified atom stereocenters. The first-order chi connectivity index (χ1) is 9.86. The molecule has 0 aromatic carbocycles. The Hall–Kier alpha value is -0.120. The Morgan fingerprint density at radius 2 is 1.65 bits per heavy atom. The van der Waals surface area contributed by atoms with Crippen LogP contribution >= 0.6 is 0 Å². The lowest BCUT2D eigenvalue weighted by Gasteiger charge is -2.38. The first-order valence-corrected chi connectivity index (χ1v) is 9.03. The SMILES string of the molecule is C1CCC(N2CCN(CC3CC34CCNCC4)CC2)C1. The van der Waals surface area contributed by atoms with Gasteiger partial charge in [0.25, 0.3) is 0 Å². The lowest BCUT2D eigenvalue weighted by Crippen LogP contribution is -2.50. The van der Waals surface area contributed by atoms with E-state index in [1.165, 1.54) is 90.8 Å². The molecule has 3 nitrogen and oxygen atoms in total. The minimum absolute atomic E-state index is 0.772. The van der Waals surface area contributed by atoms with Gasteiger partial charge in [0.1, 0.15) is 0 Å². The molecular weight excluding hydrogens is 246 g/mol. The highest BCUT2D eigenvalue weighted by atomic mass is 15.3. The zero-order valence-corrected chi connectivity index (χ0v) is 12.9. The van der Waals surface area contributed by atoms with Gasteiger partial charge in [0.05, 0.1) is 0 Å². The minimum atomic E-state index is 0.772. The summed E-state index contributed by atoms with van der Waals surface area (Å²) in [5.41, 5.74) is 0.772. The van der Waals surface area contributed by atoms with Gasteiger partial charge in [-0.25, -0.2) is 0 Å². The van der Waals surface area contributed by atoms with Crippen LogP contribution in [-0.2, 0) is 0 Å². The van der Waals surface area contributed by atoms with Gasteiger partial charge in [0, 0.05) is 38.8 Å². The molecule has 1 atom stereocenters. The van der Waals surface area contributed by atoms with Crippen molar-refractivity contribution in [3.05, 3.63) is 0 Å². The second-order valence-electron chi connectivity index (χ2n) is 7.79. The third-order valence-corrected chi connectivity index (χ3v) is 6.68. The standard InChI is InChI=1S/C17H31N3/c1-2-4-16(3-1)20-11-9-19(10-12-20)14-15-13-17(15)5-7-18-8-6-17/h15-16,18H,1-14H2. The first-order valence-electron chi connectivity index (χ1n) is 9.03. The van der Waals surface area contributed by atoms with Crippen LogP contribution < -0.4 is 5.32 Å². The highest BCUT2D eigenvalue weighted by Crippen LogP contribution is 2.58. The Bertz CT molecular complexity index is 323. The average Bonchev–Trinajstić information content (AvgIpc) is 2.94. The number of nitrogens with one attached hydrogen (secondary N) is 1. The van der Waals surface area contributed by atoms with Crippen LogP contribution in [0.2, 0.25) is 0 Å². The topological polar surface area (TPSA) is 18.5 Å². The summed E-state index contributed by atoms with van der Waals surface area (Å²) in [6, 6.07) is 0.939. The number of rotatable bonds is 3. The van der Waals surface area contributed by atoms with E-state index < -0.39 is 0 Å². The van der Waals surface area contributed by atoms with E-state index in [9.17, 15) is 0 Å². The maximum atomic E-state index is 3.52. The fourth-order valence-corrected chi connectivity index (χ4v) is 5.12. The molecule has 114 valence electrons. The molecule has 1 N–H and O–H groups in total. The maximum Gasteiger partial charge on any atom is 0.0113 e. The maximum absolute atomic E-state index is 3.52. The van der Waals surface area contributed by atoms with Crippen LogP contribution in [0.3, 0.4) is 0 Å². The van der Waals surface area contributed by atoms with E-state index in [4.69, 9.17) is 0 Å². The highest BCUT2D eigenvalue weighted by Gasteiger charge is 2.53. The fraction of sp³-hybridized carbons (Fsp3) is 1.00. The third-order valence-electron chi connectivity index (χ3n) is 6.68. The molecule has 4 rings (SSSR count). The van der Waals surface area contributed by atoms with Crippen molar-refractivity contribution in [3.8, 4) is 0 Å². The molecule has 1 spiro atoms. The van der Waals surface area contributed by atoms with Crippen molar-refractivity contribution in [2.75, 3.05) is 45.8 Å². The van der Waals surface area contributed by atoms with Gasteiger partial charge in [-0.05, 0) is 56.5 Å². The Morgan fingerprint density at radius 1 is 0.950 bits per heavy atom. The molecule has 2 saturated carbocycles. The van der Waals surface area contributed by atoms with Gasteiger partial charge in [0.2, 0.25) is 0 Å². The van der Waals surface area contributed by atoms with Crippen LogP contribution in [0.25, 0.3) is 0 Å². The molecule has 4 fully saturated rings. The van der Waals surface area contributed by atoms with Crippen molar-refractivity contribution in [1.82, 2.24) is 15.1 Å². The van der Waals surface area contributed by atoms with Crippen LogP contribution in [0, 0.1) is 11.3 Å². The molecule has 2 heterocycles. The van der Waals surface area contributed by atoms with Gasteiger partial charge in [-0.1, -0.05) is 12.8 Å². The van der Waals surface area contributed by atoms with Crippen molar-refractivity contribution in [2.24, 2.45) is 11.3 Å². The summed E-state index contributed by atoms with van der Waals surface area (Å²) in [7, 11) is 0. The van der Waals surface area contributed by atoms with Gasteiger partial charge in [-0.3, -0.25) is 4.90 Å². The number of piperidine rings is 1. The van der Waals surface area contributed by atoms with Crippen molar-refractivity contribution in [3.63, 3.8) is 0 Å². The smallest absolute Gasteiger partial charge is 0.0113 e. The molecule has 0 radical (unpaired) electrons. The predicted molar refractivity (Wildman–Crippen MR) is 82.9 cm³/mol. The van der Waals surface area contributed by atoms with Crippen molar-refractivity contribution < 1.29 is 0 Å². The Balaban J connectivity index is 1.22. The summed E-state index contributed by atoms with van der Waals surface area (Å²) in [6.07, 6.45) is 10.3. The van der Waals surface area contributed by atoms with Gasteiger partial charge < -0.3 is 10.2 Å². The number of hydrogen-bond acceptors (Lipinski definition) is 3. The van der Waals surface area contributed by atoms with Crippen LogP contribution in [0.5, 0.6) is 0 Å². The summed E-state index contributed by atoms with van der Waals surface area (Å²) in [5, 5.41) is 3.52. The number of nitrogens with zero attached hydrogens (tertiary/aromatic N) is 2. The Kier molecular flexibility index (Phi) is 3.78. The minimum Gasteiger partial charge on any atom is -0.317 e. The summed E-state index contributed by atoms with van der Waals surface area (Å²) >= 11 is 0. The normalized spacial score (nSPS) is 35.7. The van der Waals surface area contributed by atoms with E-state index in [1.54, 1.807) is 0 Å². The quantitative estimate of drug-likeness (QED) is 0.850. The van der Waals surface area contributed by atoms with E-state index in [2.05, 4.69) is 15.1 Å². The largest absolute Gasteiger partial charge is 0.317 e. The predicted octanol–water partition coefficient (Wildman–Crippen LogP) is 1.94. The van der Waals surface area contributed by atoms with Gasteiger partial charge >= 0.3 is 0 Å². The van der Waals surface area contributed by atoms with Gasteiger partial charge in [-0.2, -0.15) is 0 Å². The highest BCUT2D eigenvalue weighted by molar-refractivity contribution is 5.05. The molecule has 2 saturated heterocycles. The zero-order chi connectivity index (χ0) is 13.4. The monoisotopic (exact) mass is 277 g/mol. The molecule has 0 amide bonds. The molecule has 2 aliphatic carbocycles. The van der Waals surface area contributed by atoms with E-state index in [-0.39, 0.29) is 0 Å². The molecule has 3 heteroatoms. The van der Waals surface area contributed by atoms with Crippen LogP contribution in [0.4, 0.5) is 0 Å². The summed E-state index contributed by atoms with van der Waals surface area (Å²) in [4.78, 5) is 5.56.